The summed E-state index contributed by atoms with van der Waals surface area (Å²) in [6.45, 7) is 7.22. The van der Waals surface area contributed by atoms with Gasteiger partial charge in [0.1, 0.15) is 0 Å². The molecule has 1 aliphatic rings. The number of nitrogens with zero attached hydrogens (tertiary/aromatic N) is 3. The van der Waals surface area contributed by atoms with Crippen LogP contribution in [0, 0.1) is 0 Å². The summed E-state index contributed by atoms with van der Waals surface area (Å²) in [5.74, 6) is 0.875. The minimum atomic E-state index is 0.859. The smallest absolute Gasteiger partial charge is 0.191 e. The van der Waals surface area contributed by atoms with E-state index in [-0.39, 0.29) is 0 Å². The van der Waals surface area contributed by atoms with Gasteiger partial charge in [-0.3, -0.25) is 9.89 Å². The minimum absolute atomic E-state index is 0.859. The Bertz CT molecular complexity index is 691. The van der Waals surface area contributed by atoms with Gasteiger partial charge in [-0.1, -0.05) is 6.92 Å². The van der Waals surface area contributed by atoms with Crippen LogP contribution in [0.5, 0.6) is 0 Å². The summed E-state index contributed by atoms with van der Waals surface area (Å²) in [6, 6.07) is 2.27. The third-order valence-electron chi connectivity index (χ3n) is 4.41. The molecule has 5 nitrogen and oxygen atoms in total. The third-order valence-corrected chi connectivity index (χ3v) is 6.64. The molecule has 0 aliphatic carbocycles. The predicted molar refractivity (Wildman–Crippen MR) is 108 cm³/mol. The minimum Gasteiger partial charge on any atom is -0.356 e. The fourth-order valence-electron chi connectivity index (χ4n) is 2.97. The average molecular weight is 378 g/mol. The maximum Gasteiger partial charge on any atom is 0.191 e. The maximum absolute atomic E-state index is 4.46. The highest BCUT2D eigenvalue weighted by molar-refractivity contribution is 7.11. The second kappa shape index (κ2) is 9.31. The van der Waals surface area contributed by atoms with Crippen molar-refractivity contribution in [3.05, 3.63) is 38.0 Å². The van der Waals surface area contributed by atoms with E-state index in [1.165, 1.54) is 21.9 Å². The normalized spacial score (nSPS) is 15.2. The van der Waals surface area contributed by atoms with Crippen LogP contribution in [0.15, 0.2) is 22.6 Å². The van der Waals surface area contributed by atoms with Crippen molar-refractivity contribution >= 4 is 28.6 Å². The number of rotatable bonds is 7. The standard InChI is InChI=1S/C18H27N5S2/c1-3-15-12-22-17(25-15)4-7-20-18(19-2)21-8-10-23-9-5-16-14(13-23)6-11-24-16/h6,11-12H,3-5,7-10,13H2,1-2H3,(H2,19,20,21). The van der Waals surface area contributed by atoms with Gasteiger partial charge in [0.15, 0.2) is 5.96 Å². The van der Waals surface area contributed by atoms with Gasteiger partial charge >= 0.3 is 0 Å². The van der Waals surface area contributed by atoms with E-state index in [2.05, 4.69) is 43.9 Å². The summed E-state index contributed by atoms with van der Waals surface area (Å²) in [7, 11) is 1.83. The van der Waals surface area contributed by atoms with Gasteiger partial charge < -0.3 is 10.6 Å². The molecule has 25 heavy (non-hydrogen) atoms. The van der Waals surface area contributed by atoms with E-state index in [9.17, 15) is 0 Å². The molecule has 2 N–H and O–H groups in total. The number of hydrogen-bond donors (Lipinski definition) is 2. The molecular weight excluding hydrogens is 350 g/mol. The van der Waals surface area contributed by atoms with Gasteiger partial charge in [0.25, 0.3) is 0 Å². The number of guanidine groups is 1. The van der Waals surface area contributed by atoms with Gasteiger partial charge in [0.2, 0.25) is 0 Å². The lowest BCUT2D eigenvalue weighted by atomic mass is 10.1. The van der Waals surface area contributed by atoms with Gasteiger partial charge in [0, 0.05) is 62.1 Å². The molecule has 0 atom stereocenters. The first-order valence-electron chi connectivity index (χ1n) is 8.94. The number of thiazole rings is 1. The van der Waals surface area contributed by atoms with Crippen molar-refractivity contribution in [2.24, 2.45) is 4.99 Å². The zero-order valence-electron chi connectivity index (χ0n) is 15.0. The van der Waals surface area contributed by atoms with Crippen LogP contribution >= 0.6 is 22.7 Å². The van der Waals surface area contributed by atoms with Gasteiger partial charge in [-0.05, 0) is 29.9 Å². The quantitative estimate of drug-likeness (QED) is 0.575. The second-order valence-corrected chi connectivity index (χ2v) is 8.35. The van der Waals surface area contributed by atoms with Crippen molar-refractivity contribution in [2.75, 3.05) is 33.2 Å². The van der Waals surface area contributed by atoms with E-state index in [1.807, 2.05) is 24.6 Å². The van der Waals surface area contributed by atoms with Crippen molar-refractivity contribution in [1.29, 1.82) is 0 Å². The number of aromatic nitrogens is 1. The molecule has 0 aromatic carbocycles. The summed E-state index contributed by atoms with van der Waals surface area (Å²) in [5, 5.41) is 10.2. The average Bonchev–Trinajstić information content (AvgIpc) is 3.28. The Hall–Kier alpha value is -1.44. The zero-order chi connectivity index (χ0) is 17.5. The van der Waals surface area contributed by atoms with Gasteiger partial charge in [-0.25, -0.2) is 4.98 Å². The van der Waals surface area contributed by atoms with Crippen LogP contribution in [-0.2, 0) is 25.8 Å². The number of aliphatic imine (C=N–C) groups is 1. The van der Waals surface area contributed by atoms with Crippen LogP contribution < -0.4 is 10.6 Å². The second-order valence-electron chi connectivity index (χ2n) is 6.14. The molecule has 0 saturated carbocycles. The van der Waals surface area contributed by atoms with Crippen LogP contribution in [0.1, 0.15) is 27.2 Å². The molecule has 7 heteroatoms. The monoisotopic (exact) mass is 377 g/mol. The Kier molecular flexibility index (Phi) is 6.84. The zero-order valence-corrected chi connectivity index (χ0v) is 16.7. The maximum atomic E-state index is 4.46. The molecule has 2 aromatic heterocycles. The molecule has 0 radical (unpaired) electrons. The van der Waals surface area contributed by atoms with Crippen molar-refractivity contribution in [3.8, 4) is 0 Å². The van der Waals surface area contributed by atoms with E-state index >= 15 is 0 Å². The first-order valence-corrected chi connectivity index (χ1v) is 10.6. The molecular formula is C18H27N5S2. The number of hydrogen-bond acceptors (Lipinski definition) is 5. The number of thiophene rings is 1. The van der Waals surface area contributed by atoms with Crippen molar-refractivity contribution in [3.63, 3.8) is 0 Å². The van der Waals surface area contributed by atoms with E-state index in [0.29, 0.717) is 0 Å². The molecule has 0 amide bonds. The molecule has 0 saturated heterocycles. The summed E-state index contributed by atoms with van der Waals surface area (Å²) < 4.78 is 0. The molecule has 2 aromatic rings. The van der Waals surface area contributed by atoms with Crippen molar-refractivity contribution in [2.45, 2.75) is 32.7 Å². The molecule has 1 aliphatic heterocycles. The number of aryl methyl sites for hydroxylation is 1. The summed E-state index contributed by atoms with van der Waals surface area (Å²) >= 11 is 3.70. The van der Waals surface area contributed by atoms with Gasteiger partial charge in [0.05, 0.1) is 5.01 Å². The molecule has 0 unspecified atom stereocenters. The number of nitrogens with one attached hydrogen (secondary N) is 2. The molecule has 3 heterocycles. The van der Waals surface area contributed by atoms with Gasteiger partial charge in [-0.15, -0.1) is 22.7 Å². The Morgan fingerprint density at radius 2 is 2.24 bits per heavy atom. The van der Waals surface area contributed by atoms with E-state index in [0.717, 1.165) is 51.5 Å². The van der Waals surface area contributed by atoms with Crippen molar-refractivity contribution in [1.82, 2.24) is 20.5 Å². The fourth-order valence-corrected chi connectivity index (χ4v) is 4.72. The lowest BCUT2D eigenvalue weighted by Gasteiger charge is -2.27. The molecule has 0 bridgehead atoms. The summed E-state index contributed by atoms with van der Waals surface area (Å²) in [6.07, 6.45) is 5.19. The molecule has 136 valence electrons. The van der Waals surface area contributed by atoms with E-state index < -0.39 is 0 Å². The predicted octanol–water partition coefficient (Wildman–Crippen LogP) is 2.53. The lowest BCUT2D eigenvalue weighted by Crippen LogP contribution is -2.43. The van der Waals surface area contributed by atoms with Crippen LogP contribution in [0.3, 0.4) is 0 Å². The topological polar surface area (TPSA) is 52.6 Å². The van der Waals surface area contributed by atoms with Crippen LogP contribution in [0.25, 0.3) is 0 Å². The summed E-state index contributed by atoms with van der Waals surface area (Å²) in [5.41, 5.74) is 1.51. The number of fused-ring (bicyclic) bond motifs is 1. The van der Waals surface area contributed by atoms with E-state index in [1.54, 1.807) is 16.2 Å². The lowest BCUT2D eigenvalue weighted by molar-refractivity contribution is 0.260. The Morgan fingerprint density at radius 1 is 1.36 bits per heavy atom. The Labute approximate surface area is 158 Å². The first-order chi connectivity index (χ1) is 12.3. The molecule has 0 fully saturated rings. The Morgan fingerprint density at radius 3 is 3.04 bits per heavy atom. The largest absolute Gasteiger partial charge is 0.356 e. The molecule has 0 spiro atoms. The van der Waals surface area contributed by atoms with Crippen LogP contribution in [0.4, 0.5) is 0 Å². The molecule has 3 rings (SSSR count). The highest BCUT2D eigenvalue weighted by Gasteiger charge is 2.16. The highest BCUT2D eigenvalue weighted by Crippen LogP contribution is 2.23. The third kappa shape index (κ3) is 5.26. The van der Waals surface area contributed by atoms with Crippen LogP contribution in [0.2, 0.25) is 0 Å². The Balaban J connectivity index is 1.34. The first kappa shape index (κ1) is 18.4. The van der Waals surface area contributed by atoms with E-state index in [4.69, 9.17) is 0 Å². The SMILES string of the molecule is CCc1cnc(CCNC(=NC)NCCN2CCc3sccc3C2)s1. The van der Waals surface area contributed by atoms with Crippen molar-refractivity contribution < 1.29 is 0 Å². The summed E-state index contributed by atoms with van der Waals surface area (Å²) in [4.78, 5) is 14.2. The fraction of sp³-hybridized carbons (Fsp3) is 0.556. The van der Waals surface area contributed by atoms with Crippen LogP contribution in [-0.4, -0.2) is 49.1 Å². The van der Waals surface area contributed by atoms with Gasteiger partial charge in [-0.2, -0.15) is 0 Å². The highest BCUT2D eigenvalue weighted by atomic mass is 32.1.